The zero-order valence-corrected chi connectivity index (χ0v) is 11.3. The van der Waals surface area contributed by atoms with Crippen molar-refractivity contribution in [1.29, 1.82) is 5.26 Å². The lowest BCUT2D eigenvalue weighted by Crippen LogP contribution is -1.98. The summed E-state index contributed by atoms with van der Waals surface area (Å²) in [5.74, 6) is 1.71. The van der Waals surface area contributed by atoms with Crippen LogP contribution in [0.25, 0.3) is 0 Å². The normalized spacial score (nSPS) is 9.80. The van der Waals surface area contributed by atoms with Crippen LogP contribution in [0.5, 0.6) is 17.2 Å². The Kier molecular flexibility index (Phi) is 4.46. The summed E-state index contributed by atoms with van der Waals surface area (Å²) in [5, 5.41) is 9.11. The predicted molar refractivity (Wildman–Crippen MR) is 77.9 cm³/mol. The van der Waals surface area contributed by atoms with Crippen molar-refractivity contribution in [2.45, 2.75) is 13.3 Å². The first-order chi connectivity index (χ1) is 9.74. The van der Waals surface area contributed by atoms with E-state index in [1.807, 2.05) is 31.2 Å². The first-order valence-electron chi connectivity index (χ1n) is 6.44. The van der Waals surface area contributed by atoms with Crippen molar-refractivity contribution in [2.24, 2.45) is 0 Å². The van der Waals surface area contributed by atoms with Gasteiger partial charge in [0.15, 0.2) is 11.5 Å². The lowest BCUT2D eigenvalue weighted by molar-refractivity contribution is 0.302. The van der Waals surface area contributed by atoms with Gasteiger partial charge < -0.3 is 15.2 Å². The molecule has 0 saturated carbocycles. The van der Waals surface area contributed by atoms with E-state index < -0.39 is 0 Å². The third-order valence-electron chi connectivity index (χ3n) is 2.65. The highest BCUT2D eigenvalue weighted by atomic mass is 16.5. The second-order valence-electron chi connectivity index (χ2n) is 4.26. The molecule has 0 aromatic heterocycles. The largest absolute Gasteiger partial charge is 0.490 e. The monoisotopic (exact) mass is 268 g/mol. The van der Waals surface area contributed by atoms with Crippen molar-refractivity contribution in [3.05, 3.63) is 48.0 Å². The van der Waals surface area contributed by atoms with Gasteiger partial charge in [-0.1, -0.05) is 19.1 Å². The molecule has 0 aliphatic heterocycles. The van der Waals surface area contributed by atoms with E-state index in [1.54, 1.807) is 18.2 Å². The van der Waals surface area contributed by atoms with Crippen LogP contribution in [-0.4, -0.2) is 6.61 Å². The van der Waals surface area contributed by atoms with Crippen molar-refractivity contribution >= 4 is 5.69 Å². The molecule has 0 heterocycles. The molecule has 2 rings (SSSR count). The number of para-hydroxylation sites is 2. The third kappa shape index (κ3) is 3.21. The summed E-state index contributed by atoms with van der Waals surface area (Å²) in [4.78, 5) is 0. The van der Waals surface area contributed by atoms with Crippen LogP contribution in [0.3, 0.4) is 0 Å². The maximum absolute atomic E-state index is 9.11. The molecule has 0 saturated heterocycles. The molecular weight excluding hydrogens is 252 g/mol. The Morgan fingerprint density at radius 1 is 1.10 bits per heavy atom. The topological polar surface area (TPSA) is 68.3 Å². The molecule has 2 aromatic carbocycles. The summed E-state index contributed by atoms with van der Waals surface area (Å²) < 4.78 is 11.4. The van der Waals surface area contributed by atoms with Gasteiger partial charge in [-0.15, -0.1) is 0 Å². The van der Waals surface area contributed by atoms with Crippen LogP contribution in [0.2, 0.25) is 0 Å². The molecule has 0 radical (unpaired) electrons. The zero-order valence-electron chi connectivity index (χ0n) is 11.3. The van der Waals surface area contributed by atoms with Crippen molar-refractivity contribution in [2.75, 3.05) is 12.3 Å². The number of ether oxygens (including phenoxy) is 2. The number of hydrogen-bond acceptors (Lipinski definition) is 4. The van der Waals surface area contributed by atoms with E-state index in [2.05, 4.69) is 6.07 Å². The summed E-state index contributed by atoms with van der Waals surface area (Å²) in [5.41, 5.74) is 6.59. The molecule has 0 amide bonds. The summed E-state index contributed by atoms with van der Waals surface area (Å²) in [6.07, 6.45) is 0.916. The van der Waals surface area contributed by atoms with Crippen LogP contribution < -0.4 is 15.2 Å². The van der Waals surface area contributed by atoms with E-state index in [1.165, 1.54) is 0 Å². The average molecular weight is 268 g/mol. The standard InChI is InChI=1S/C16H16N2O2/c1-2-9-19-15-5-3-4-6-16(15)20-14-8-7-13(18)10-12(14)11-17/h3-8,10H,2,9,18H2,1H3. The number of nitrogens with zero attached hydrogens (tertiary/aromatic N) is 1. The van der Waals surface area contributed by atoms with Gasteiger partial charge in [0.05, 0.1) is 12.2 Å². The van der Waals surface area contributed by atoms with Crippen LogP contribution in [0.1, 0.15) is 18.9 Å². The molecule has 0 aliphatic carbocycles. The summed E-state index contributed by atoms with van der Waals surface area (Å²) in [7, 11) is 0. The van der Waals surface area contributed by atoms with Gasteiger partial charge in [-0.05, 0) is 36.8 Å². The smallest absolute Gasteiger partial charge is 0.169 e. The van der Waals surface area contributed by atoms with Crippen molar-refractivity contribution in [3.63, 3.8) is 0 Å². The molecular formula is C16H16N2O2. The minimum Gasteiger partial charge on any atom is -0.490 e. The molecule has 102 valence electrons. The highest BCUT2D eigenvalue weighted by molar-refractivity contribution is 5.55. The third-order valence-corrected chi connectivity index (χ3v) is 2.65. The fourth-order valence-electron chi connectivity index (χ4n) is 1.71. The number of rotatable bonds is 5. The zero-order chi connectivity index (χ0) is 14.4. The highest BCUT2D eigenvalue weighted by Gasteiger charge is 2.09. The van der Waals surface area contributed by atoms with Crippen LogP contribution in [0.15, 0.2) is 42.5 Å². The van der Waals surface area contributed by atoms with Gasteiger partial charge in [0, 0.05) is 5.69 Å². The molecule has 0 atom stereocenters. The predicted octanol–water partition coefficient (Wildman–Crippen LogP) is 3.72. The number of anilines is 1. The number of nitriles is 1. The van der Waals surface area contributed by atoms with Crippen molar-refractivity contribution in [1.82, 2.24) is 0 Å². The van der Waals surface area contributed by atoms with Gasteiger partial charge in [-0.2, -0.15) is 5.26 Å². The van der Waals surface area contributed by atoms with Gasteiger partial charge in [0.2, 0.25) is 0 Å². The minimum absolute atomic E-state index is 0.398. The SMILES string of the molecule is CCCOc1ccccc1Oc1ccc(N)cc1C#N. The molecule has 2 N–H and O–H groups in total. The lowest BCUT2D eigenvalue weighted by Gasteiger charge is -2.12. The van der Waals surface area contributed by atoms with Gasteiger partial charge in [0.1, 0.15) is 11.8 Å². The van der Waals surface area contributed by atoms with E-state index in [9.17, 15) is 0 Å². The van der Waals surface area contributed by atoms with E-state index in [-0.39, 0.29) is 0 Å². The molecule has 0 unspecified atom stereocenters. The Bertz CT molecular complexity index is 633. The molecule has 20 heavy (non-hydrogen) atoms. The van der Waals surface area contributed by atoms with Crippen LogP contribution in [0, 0.1) is 11.3 Å². The maximum atomic E-state index is 9.11. The van der Waals surface area contributed by atoms with E-state index >= 15 is 0 Å². The minimum atomic E-state index is 0.398. The molecule has 4 nitrogen and oxygen atoms in total. The summed E-state index contributed by atoms with van der Waals surface area (Å²) >= 11 is 0. The first kappa shape index (κ1) is 13.8. The number of hydrogen-bond donors (Lipinski definition) is 1. The van der Waals surface area contributed by atoms with Gasteiger partial charge in [-0.25, -0.2) is 0 Å². The Balaban J connectivity index is 2.28. The Morgan fingerprint density at radius 2 is 1.85 bits per heavy atom. The van der Waals surface area contributed by atoms with E-state index in [0.29, 0.717) is 35.1 Å². The van der Waals surface area contributed by atoms with Crippen LogP contribution >= 0.6 is 0 Å². The van der Waals surface area contributed by atoms with E-state index in [0.717, 1.165) is 6.42 Å². The van der Waals surface area contributed by atoms with E-state index in [4.69, 9.17) is 20.5 Å². The number of benzene rings is 2. The Labute approximate surface area is 118 Å². The molecule has 0 aliphatic rings. The van der Waals surface area contributed by atoms with Crippen LogP contribution in [-0.2, 0) is 0 Å². The molecule has 0 bridgehead atoms. The number of nitrogen functional groups attached to an aromatic ring is 1. The average Bonchev–Trinajstić information content (AvgIpc) is 2.48. The van der Waals surface area contributed by atoms with Crippen LogP contribution in [0.4, 0.5) is 5.69 Å². The molecule has 0 spiro atoms. The quantitative estimate of drug-likeness (QED) is 0.839. The second kappa shape index (κ2) is 6.48. The van der Waals surface area contributed by atoms with Gasteiger partial charge in [0.25, 0.3) is 0 Å². The Hall–Kier alpha value is -2.67. The van der Waals surface area contributed by atoms with Crippen molar-refractivity contribution < 1.29 is 9.47 Å². The summed E-state index contributed by atoms with van der Waals surface area (Å²) in [6, 6.07) is 14.4. The summed E-state index contributed by atoms with van der Waals surface area (Å²) in [6.45, 7) is 2.66. The lowest BCUT2D eigenvalue weighted by atomic mass is 10.2. The second-order valence-corrected chi connectivity index (χ2v) is 4.26. The fraction of sp³-hybridized carbons (Fsp3) is 0.188. The van der Waals surface area contributed by atoms with Gasteiger partial charge >= 0.3 is 0 Å². The van der Waals surface area contributed by atoms with Gasteiger partial charge in [-0.3, -0.25) is 0 Å². The molecule has 4 heteroatoms. The molecule has 2 aromatic rings. The first-order valence-corrected chi connectivity index (χ1v) is 6.44. The molecule has 0 fully saturated rings. The number of nitrogens with two attached hydrogens (primary N) is 1. The fourth-order valence-corrected chi connectivity index (χ4v) is 1.71. The highest BCUT2D eigenvalue weighted by Crippen LogP contribution is 2.33. The maximum Gasteiger partial charge on any atom is 0.169 e. The van der Waals surface area contributed by atoms with Crippen molar-refractivity contribution in [3.8, 4) is 23.3 Å². The Morgan fingerprint density at radius 3 is 2.55 bits per heavy atom.